The molecule has 0 fully saturated rings. The van der Waals surface area contributed by atoms with Crippen LogP contribution in [0.5, 0.6) is 0 Å². The van der Waals surface area contributed by atoms with Crippen LogP contribution in [0.4, 0.5) is 0 Å². The van der Waals surface area contributed by atoms with Gasteiger partial charge in [-0.25, -0.2) is 0 Å². The Morgan fingerprint density at radius 3 is 2.50 bits per heavy atom. The lowest BCUT2D eigenvalue weighted by atomic mass is 10.2. The average molecular weight is 234 g/mol. The summed E-state index contributed by atoms with van der Waals surface area (Å²) in [6, 6.07) is 0. The van der Waals surface area contributed by atoms with Crippen molar-refractivity contribution >= 4 is 6.41 Å². The van der Waals surface area contributed by atoms with Crippen LogP contribution in [0.25, 0.3) is 0 Å². The minimum atomic E-state index is -0.951. The number of hydrogen-bond acceptors (Lipinski definition) is 6. The predicted molar refractivity (Wildman–Crippen MR) is 60.6 cm³/mol. The zero-order valence-electron chi connectivity index (χ0n) is 10.3. The number of likely N-dealkylation sites (N-methyl/N-ethyl adjacent to an activating group) is 2. The smallest absolute Gasteiger partial charge is 0.209 e. The molecule has 0 aliphatic rings. The first kappa shape index (κ1) is 15.3. The van der Waals surface area contributed by atoms with Crippen LogP contribution in [-0.2, 0) is 9.53 Å². The summed E-state index contributed by atoms with van der Waals surface area (Å²) >= 11 is 0. The average Bonchev–Trinajstić information content (AvgIpc) is 2.29. The molecule has 0 aromatic heterocycles. The molecule has 16 heavy (non-hydrogen) atoms. The minimum Gasteiger partial charge on any atom is -0.395 e. The van der Waals surface area contributed by atoms with Gasteiger partial charge in [0.25, 0.3) is 0 Å². The van der Waals surface area contributed by atoms with Crippen molar-refractivity contribution < 1.29 is 14.6 Å². The number of carbonyl (C=O) groups excluding carboxylic acids is 1. The molecule has 7 heteroatoms. The highest BCUT2D eigenvalue weighted by Crippen LogP contribution is 2.09. The lowest BCUT2D eigenvalue weighted by Gasteiger charge is -2.42. The van der Waals surface area contributed by atoms with E-state index in [4.69, 9.17) is 9.84 Å². The molecular weight excluding hydrogens is 212 g/mol. The van der Waals surface area contributed by atoms with Crippen LogP contribution < -0.4 is 16.0 Å². The number of aliphatic hydroxyl groups is 1. The second-order valence-corrected chi connectivity index (χ2v) is 3.49. The molecule has 0 aromatic carbocycles. The van der Waals surface area contributed by atoms with Gasteiger partial charge < -0.3 is 15.2 Å². The Bertz CT molecular complexity index is 197. The Hall–Kier alpha value is -0.730. The third kappa shape index (κ3) is 3.69. The molecule has 2 atom stereocenters. The SMILES string of the molecule is CNC(NCCO)(OC)C(NC=O)N(C)C. The van der Waals surface area contributed by atoms with Crippen molar-refractivity contribution in [3.05, 3.63) is 0 Å². The molecule has 0 aromatic rings. The fraction of sp³-hybridized carbons (Fsp3) is 0.889. The maximum absolute atomic E-state index is 10.6. The number of ether oxygens (including phenoxy) is 1. The quantitative estimate of drug-likeness (QED) is 0.266. The van der Waals surface area contributed by atoms with E-state index in [1.54, 1.807) is 11.9 Å². The van der Waals surface area contributed by atoms with Gasteiger partial charge in [-0.2, -0.15) is 0 Å². The zero-order chi connectivity index (χ0) is 12.6. The van der Waals surface area contributed by atoms with E-state index in [9.17, 15) is 4.79 Å². The summed E-state index contributed by atoms with van der Waals surface area (Å²) in [6.07, 6.45) is 0.197. The van der Waals surface area contributed by atoms with E-state index in [0.717, 1.165) is 0 Å². The number of nitrogens with zero attached hydrogens (tertiary/aromatic N) is 1. The van der Waals surface area contributed by atoms with Gasteiger partial charge in [-0.15, -0.1) is 0 Å². The Morgan fingerprint density at radius 1 is 1.56 bits per heavy atom. The van der Waals surface area contributed by atoms with E-state index in [-0.39, 0.29) is 6.61 Å². The molecule has 0 bridgehead atoms. The highest BCUT2D eigenvalue weighted by molar-refractivity contribution is 5.46. The number of aliphatic hydroxyl groups excluding tert-OH is 1. The van der Waals surface area contributed by atoms with Gasteiger partial charge in [0, 0.05) is 13.7 Å². The highest BCUT2D eigenvalue weighted by atomic mass is 16.5. The molecule has 0 saturated heterocycles. The zero-order valence-corrected chi connectivity index (χ0v) is 10.3. The first-order valence-corrected chi connectivity index (χ1v) is 5.04. The van der Waals surface area contributed by atoms with Crippen LogP contribution in [0, 0.1) is 0 Å². The van der Waals surface area contributed by atoms with Gasteiger partial charge in [-0.05, 0) is 21.1 Å². The summed E-state index contributed by atoms with van der Waals surface area (Å²) < 4.78 is 5.37. The summed E-state index contributed by atoms with van der Waals surface area (Å²) in [5.41, 5.74) is 0. The summed E-state index contributed by atoms with van der Waals surface area (Å²) in [5, 5.41) is 17.4. The van der Waals surface area contributed by atoms with E-state index in [1.165, 1.54) is 7.11 Å². The lowest BCUT2D eigenvalue weighted by molar-refractivity contribution is -0.135. The molecule has 0 spiro atoms. The number of rotatable bonds is 9. The van der Waals surface area contributed by atoms with Gasteiger partial charge in [0.2, 0.25) is 12.3 Å². The Balaban J connectivity index is 4.85. The molecule has 0 heterocycles. The third-order valence-electron chi connectivity index (χ3n) is 2.32. The monoisotopic (exact) mass is 234 g/mol. The number of methoxy groups -OCH3 is 1. The van der Waals surface area contributed by atoms with Gasteiger partial charge in [-0.3, -0.25) is 20.3 Å². The molecule has 0 radical (unpaired) electrons. The Kier molecular flexibility index (Phi) is 7.18. The maximum atomic E-state index is 10.6. The normalized spacial score (nSPS) is 16.9. The summed E-state index contributed by atoms with van der Waals surface area (Å²) in [5.74, 6) is -0.951. The van der Waals surface area contributed by atoms with E-state index in [1.807, 2.05) is 14.1 Å². The molecule has 2 unspecified atom stereocenters. The minimum absolute atomic E-state index is 0.0198. The van der Waals surface area contributed by atoms with Gasteiger partial charge in [0.15, 0.2) is 0 Å². The molecule has 96 valence electrons. The molecule has 1 amide bonds. The summed E-state index contributed by atoms with van der Waals surface area (Å²) in [7, 11) is 6.85. The van der Waals surface area contributed by atoms with Gasteiger partial charge in [0.1, 0.15) is 6.17 Å². The number of nitrogens with one attached hydrogen (secondary N) is 3. The summed E-state index contributed by atoms with van der Waals surface area (Å²) in [6.45, 7) is 0.327. The van der Waals surface area contributed by atoms with E-state index in [0.29, 0.717) is 13.0 Å². The summed E-state index contributed by atoms with van der Waals surface area (Å²) in [4.78, 5) is 12.4. The Morgan fingerprint density at radius 2 is 2.19 bits per heavy atom. The van der Waals surface area contributed by atoms with Crippen LogP contribution in [0.2, 0.25) is 0 Å². The van der Waals surface area contributed by atoms with Crippen molar-refractivity contribution in [2.75, 3.05) is 41.4 Å². The highest BCUT2D eigenvalue weighted by Gasteiger charge is 2.38. The first-order chi connectivity index (χ1) is 7.57. The van der Waals surface area contributed by atoms with Crippen molar-refractivity contribution in [2.45, 2.75) is 12.0 Å². The van der Waals surface area contributed by atoms with Gasteiger partial charge >= 0.3 is 0 Å². The van der Waals surface area contributed by atoms with E-state index in [2.05, 4.69) is 16.0 Å². The molecule has 0 rings (SSSR count). The second kappa shape index (κ2) is 7.53. The van der Waals surface area contributed by atoms with Crippen LogP contribution in [0.3, 0.4) is 0 Å². The van der Waals surface area contributed by atoms with Crippen LogP contribution in [-0.4, -0.2) is 69.8 Å². The molecule has 0 saturated carbocycles. The van der Waals surface area contributed by atoms with Gasteiger partial charge in [0.05, 0.1) is 6.61 Å². The van der Waals surface area contributed by atoms with Crippen molar-refractivity contribution in [3.63, 3.8) is 0 Å². The van der Waals surface area contributed by atoms with Crippen LogP contribution in [0.1, 0.15) is 0 Å². The Labute approximate surface area is 96.1 Å². The second-order valence-electron chi connectivity index (χ2n) is 3.49. The molecule has 0 aliphatic heterocycles. The van der Waals surface area contributed by atoms with E-state index < -0.39 is 12.0 Å². The third-order valence-corrected chi connectivity index (χ3v) is 2.32. The number of hydrogen-bond donors (Lipinski definition) is 4. The van der Waals surface area contributed by atoms with E-state index >= 15 is 0 Å². The molecule has 7 nitrogen and oxygen atoms in total. The molecular formula is C9H22N4O3. The van der Waals surface area contributed by atoms with Gasteiger partial charge in [-0.1, -0.05) is 0 Å². The standard InChI is InChI=1S/C9H22N4O3/c1-10-9(16-4,12-5-6-14)8(11-7-15)13(2)3/h7-8,10,12,14H,5-6H2,1-4H3,(H,11,15). The van der Waals surface area contributed by atoms with Crippen LogP contribution >= 0.6 is 0 Å². The van der Waals surface area contributed by atoms with Crippen molar-refractivity contribution in [2.24, 2.45) is 0 Å². The van der Waals surface area contributed by atoms with Crippen LogP contribution in [0.15, 0.2) is 0 Å². The number of amides is 1. The van der Waals surface area contributed by atoms with Crippen molar-refractivity contribution in [1.82, 2.24) is 20.9 Å². The molecule has 0 aliphatic carbocycles. The van der Waals surface area contributed by atoms with Crippen molar-refractivity contribution in [3.8, 4) is 0 Å². The van der Waals surface area contributed by atoms with Crippen molar-refractivity contribution in [1.29, 1.82) is 0 Å². The lowest BCUT2D eigenvalue weighted by Crippen LogP contribution is -2.72. The largest absolute Gasteiger partial charge is 0.395 e. The predicted octanol–water partition coefficient (Wildman–Crippen LogP) is -2.28. The maximum Gasteiger partial charge on any atom is 0.209 e. The fourth-order valence-electron chi connectivity index (χ4n) is 1.54. The fourth-order valence-corrected chi connectivity index (χ4v) is 1.54. The number of carbonyl (C=O) groups is 1. The first-order valence-electron chi connectivity index (χ1n) is 5.04. The molecule has 4 N–H and O–H groups in total. The topological polar surface area (TPSA) is 85.9 Å².